The fraction of sp³-hybridized carbons (Fsp3) is 0.130. The Bertz CT molecular complexity index is 1120. The van der Waals surface area contributed by atoms with Gasteiger partial charge in [0, 0.05) is 22.3 Å². The highest BCUT2D eigenvalue weighted by molar-refractivity contribution is 6.30. The molecule has 1 aliphatic heterocycles. The Kier molecular flexibility index (Phi) is 6.04. The summed E-state index contributed by atoms with van der Waals surface area (Å²) in [6, 6.07) is 17.9. The lowest BCUT2D eigenvalue weighted by atomic mass is 10.1. The molecule has 3 aromatic rings. The number of benzene rings is 3. The van der Waals surface area contributed by atoms with E-state index in [1.807, 2.05) is 0 Å². The predicted molar refractivity (Wildman–Crippen MR) is 115 cm³/mol. The van der Waals surface area contributed by atoms with Crippen LogP contribution in [0.3, 0.4) is 0 Å². The molecule has 31 heavy (non-hydrogen) atoms. The van der Waals surface area contributed by atoms with Gasteiger partial charge >= 0.3 is 0 Å². The fourth-order valence-electron chi connectivity index (χ4n) is 3.13. The average molecular weight is 441 g/mol. The van der Waals surface area contributed by atoms with Gasteiger partial charge in [-0.2, -0.15) is 0 Å². The van der Waals surface area contributed by atoms with E-state index in [-0.39, 0.29) is 37.4 Å². The lowest BCUT2D eigenvalue weighted by molar-refractivity contribution is -0.121. The van der Waals surface area contributed by atoms with Gasteiger partial charge in [0.1, 0.15) is 17.3 Å². The molecule has 0 spiro atoms. The zero-order valence-corrected chi connectivity index (χ0v) is 17.1. The zero-order valence-electron chi connectivity index (χ0n) is 16.3. The maximum absolute atomic E-state index is 14.0. The van der Waals surface area contributed by atoms with E-state index in [1.165, 1.54) is 11.0 Å². The predicted octanol–water partition coefficient (Wildman–Crippen LogP) is 4.42. The number of carbonyl (C=O) groups excluding carboxylic acids is 2. The SMILES string of the molecule is O=C(COc1ccc(Cl)cc1)Nc1ccc2c(c1)OCC(=O)N2Cc1ccccc1F. The van der Waals surface area contributed by atoms with Crippen LogP contribution in [0.15, 0.2) is 66.7 Å². The largest absolute Gasteiger partial charge is 0.484 e. The first-order valence-electron chi connectivity index (χ1n) is 9.48. The molecule has 4 rings (SSSR count). The molecule has 158 valence electrons. The van der Waals surface area contributed by atoms with Crippen molar-refractivity contribution in [2.75, 3.05) is 23.4 Å². The summed E-state index contributed by atoms with van der Waals surface area (Å²) in [5.74, 6) is -0.0650. The molecule has 1 aliphatic rings. The van der Waals surface area contributed by atoms with Crippen molar-refractivity contribution in [3.63, 3.8) is 0 Å². The van der Waals surface area contributed by atoms with E-state index >= 15 is 0 Å². The number of rotatable bonds is 6. The van der Waals surface area contributed by atoms with E-state index in [9.17, 15) is 14.0 Å². The Morgan fingerprint density at radius 1 is 1.13 bits per heavy atom. The number of hydrogen-bond acceptors (Lipinski definition) is 4. The Hall–Kier alpha value is -3.58. The first kappa shape index (κ1) is 20.7. The minimum atomic E-state index is -0.382. The summed E-state index contributed by atoms with van der Waals surface area (Å²) in [4.78, 5) is 26.0. The Morgan fingerprint density at radius 2 is 1.90 bits per heavy atom. The van der Waals surface area contributed by atoms with Crippen molar-refractivity contribution in [1.82, 2.24) is 0 Å². The minimum absolute atomic E-state index is 0.0858. The first-order valence-corrected chi connectivity index (χ1v) is 9.86. The van der Waals surface area contributed by atoms with Crippen molar-refractivity contribution in [2.45, 2.75) is 6.54 Å². The van der Waals surface area contributed by atoms with Crippen LogP contribution in [0.1, 0.15) is 5.56 Å². The highest BCUT2D eigenvalue weighted by Gasteiger charge is 2.26. The molecule has 0 saturated carbocycles. The molecule has 1 N–H and O–H groups in total. The molecule has 1 heterocycles. The molecule has 3 aromatic carbocycles. The molecule has 0 bridgehead atoms. The number of hydrogen-bond donors (Lipinski definition) is 1. The summed E-state index contributed by atoms with van der Waals surface area (Å²) in [5.41, 5.74) is 1.40. The number of ether oxygens (including phenoxy) is 2. The number of fused-ring (bicyclic) bond motifs is 1. The van der Waals surface area contributed by atoms with Crippen LogP contribution in [0.2, 0.25) is 5.02 Å². The number of carbonyl (C=O) groups is 2. The van der Waals surface area contributed by atoms with Crippen molar-refractivity contribution < 1.29 is 23.5 Å². The van der Waals surface area contributed by atoms with Crippen LogP contribution in [0.4, 0.5) is 15.8 Å². The molecule has 0 fully saturated rings. The quantitative estimate of drug-likeness (QED) is 0.616. The van der Waals surface area contributed by atoms with Gasteiger partial charge in [-0.05, 0) is 42.5 Å². The van der Waals surface area contributed by atoms with Crippen molar-refractivity contribution >= 4 is 34.8 Å². The minimum Gasteiger partial charge on any atom is -0.484 e. The molecular formula is C23H18ClFN2O4. The van der Waals surface area contributed by atoms with Gasteiger partial charge in [-0.3, -0.25) is 9.59 Å². The second-order valence-electron chi connectivity index (χ2n) is 6.83. The number of halogens is 2. The van der Waals surface area contributed by atoms with E-state index in [0.29, 0.717) is 33.5 Å². The highest BCUT2D eigenvalue weighted by atomic mass is 35.5. The van der Waals surface area contributed by atoms with Crippen molar-refractivity contribution in [1.29, 1.82) is 0 Å². The van der Waals surface area contributed by atoms with Gasteiger partial charge < -0.3 is 19.7 Å². The smallest absolute Gasteiger partial charge is 0.265 e. The van der Waals surface area contributed by atoms with Gasteiger partial charge in [0.2, 0.25) is 0 Å². The van der Waals surface area contributed by atoms with E-state index in [4.69, 9.17) is 21.1 Å². The maximum Gasteiger partial charge on any atom is 0.265 e. The zero-order chi connectivity index (χ0) is 21.8. The summed E-state index contributed by atoms with van der Waals surface area (Å²) >= 11 is 5.82. The fourth-order valence-corrected chi connectivity index (χ4v) is 3.26. The third kappa shape index (κ3) is 4.95. The van der Waals surface area contributed by atoms with Gasteiger partial charge in [-0.25, -0.2) is 4.39 Å². The van der Waals surface area contributed by atoms with Crippen LogP contribution in [0, 0.1) is 5.82 Å². The van der Waals surface area contributed by atoms with Gasteiger partial charge in [0.15, 0.2) is 13.2 Å². The maximum atomic E-state index is 14.0. The molecule has 0 unspecified atom stereocenters. The molecule has 0 aromatic heterocycles. The van der Waals surface area contributed by atoms with Crippen molar-refractivity contribution in [3.05, 3.63) is 83.1 Å². The number of nitrogens with zero attached hydrogens (tertiary/aromatic N) is 1. The molecule has 0 saturated heterocycles. The lowest BCUT2D eigenvalue weighted by Gasteiger charge is -2.30. The van der Waals surface area contributed by atoms with E-state index in [0.717, 1.165) is 0 Å². The second-order valence-corrected chi connectivity index (χ2v) is 7.27. The highest BCUT2D eigenvalue weighted by Crippen LogP contribution is 2.35. The normalized spacial score (nSPS) is 12.7. The molecule has 6 nitrogen and oxygen atoms in total. The molecule has 8 heteroatoms. The summed E-state index contributed by atoms with van der Waals surface area (Å²) < 4.78 is 25.0. The summed E-state index contributed by atoms with van der Waals surface area (Å²) in [7, 11) is 0. The van der Waals surface area contributed by atoms with Crippen molar-refractivity contribution in [2.24, 2.45) is 0 Å². The van der Waals surface area contributed by atoms with E-state index < -0.39 is 0 Å². The topological polar surface area (TPSA) is 67.9 Å². The van der Waals surface area contributed by atoms with Crippen LogP contribution in [-0.4, -0.2) is 25.0 Å². The van der Waals surface area contributed by atoms with Gasteiger partial charge in [0.05, 0.1) is 12.2 Å². The molecular weight excluding hydrogens is 423 g/mol. The average Bonchev–Trinajstić information content (AvgIpc) is 2.77. The lowest BCUT2D eigenvalue weighted by Crippen LogP contribution is -2.38. The summed E-state index contributed by atoms with van der Waals surface area (Å²) in [5, 5.41) is 3.30. The summed E-state index contributed by atoms with van der Waals surface area (Å²) in [6.45, 7) is -0.265. The van der Waals surface area contributed by atoms with Crippen LogP contribution < -0.4 is 19.7 Å². The van der Waals surface area contributed by atoms with Crippen LogP contribution in [0.25, 0.3) is 0 Å². The van der Waals surface area contributed by atoms with Crippen LogP contribution >= 0.6 is 11.6 Å². The van der Waals surface area contributed by atoms with Gasteiger partial charge in [-0.1, -0.05) is 29.8 Å². The Balaban J connectivity index is 1.44. The number of anilines is 2. The van der Waals surface area contributed by atoms with Crippen molar-refractivity contribution in [3.8, 4) is 11.5 Å². The number of nitrogens with one attached hydrogen (secondary N) is 1. The molecule has 0 atom stereocenters. The van der Waals surface area contributed by atoms with Gasteiger partial charge in [0.25, 0.3) is 11.8 Å². The summed E-state index contributed by atoms with van der Waals surface area (Å²) in [6.07, 6.45) is 0. The third-order valence-corrected chi connectivity index (χ3v) is 4.91. The Morgan fingerprint density at radius 3 is 2.68 bits per heavy atom. The molecule has 0 radical (unpaired) electrons. The van der Waals surface area contributed by atoms with Crippen LogP contribution in [0.5, 0.6) is 11.5 Å². The second kappa shape index (κ2) is 9.06. The molecule has 0 aliphatic carbocycles. The Labute approximate surface area is 183 Å². The van der Waals surface area contributed by atoms with Crippen LogP contribution in [-0.2, 0) is 16.1 Å². The van der Waals surface area contributed by atoms with Gasteiger partial charge in [-0.15, -0.1) is 0 Å². The number of amides is 2. The first-order chi connectivity index (χ1) is 15.0. The monoisotopic (exact) mass is 440 g/mol. The van der Waals surface area contributed by atoms with E-state index in [1.54, 1.807) is 60.7 Å². The van der Waals surface area contributed by atoms with E-state index in [2.05, 4.69) is 5.32 Å². The third-order valence-electron chi connectivity index (χ3n) is 4.66. The standard InChI is InChI=1S/C23H18ClFN2O4/c24-16-5-8-18(9-6-16)30-13-22(28)26-17-7-10-20-21(11-17)31-14-23(29)27(20)12-15-3-1-2-4-19(15)25/h1-11H,12-14H2,(H,26,28). The molecule has 2 amide bonds.